The highest BCUT2D eigenvalue weighted by Crippen LogP contribution is 2.25. The van der Waals surface area contributed by atoms with E-state index < -0.39 is 15.7 Å². The van der Waals surface area contributed by atoms with E-state index in [4.69, 9.17) is 0 Å². The van der Waals surface area contributed by atoms with E-state index in [2.05, 4.69) is 10.6 Å². The van der Waals surface area contributed by atoms with Crippen molar-refractivity contribution in [2.24, 2.45) is 0 Å². The number of hydrogen-bond acceptors (Lipinski definition) is 5. The standard InChI is InChI=1S/C13H19N3O4S/c1-4-14-11-7-10(5-6-12(11)16(18)19)13(17)15-9(2)8-21(3)20/h5-7,9,14H,4,8H2,1-3H3,(H,15,17). The van der Waals surface area contributed by atoms with Crippen LogP contribution in [0.25, 0.3) is 0 Å². The van der Waals surface area contributed by atoms with Crippen molar-refractivity contribution >= 4 is 28.1 Å². The average Bonchev–Trinajstić information content (AvgIpc) is 2.37. The van der Waals surface area contributed by atoms with Gasteiger partial charge in [-0.05, 0) is 26.0 Å². The van der Waals surface area contributed by atoms with Crippen LogP contribution in [0.1, 0.15) is 24.2 Å². The van der Waals surface area contributed by atoms with Crippen molar-refractivity contribution in [1.82, 2.24) is 5.32 Å². The lowest BCUT2D eigenvalue weighted by Crippen LogP contribution is -2.36. The first-order valence-electron chi connectivity index (χ1n) is 6.48. The number of amides is 1. The van der Waals surface area contributed by atoms with Crippen LogP contribution in [0.15, 0.2) is 18.2 Å². The molecule has 21 heavy (non-hydrogen) atoms. The van der Waals surface area contributed by atoms with Gasteiger partial charge in [0.2, 0.25) is 0 Å². The summed E-state index contributed by atoms with van der Waals surface area (Å²) in [4.78, 5) is 22.5. The van der Waals surface area contributed by atoms with Gasteiger partial charge in [-0.3, -0.25) is 19.1 Å². The Morgan fingerprint density at radius 1 is 1.48 bits per heavy atom. The molecule has 8 heteroatoms. The molecule has 0 fully saturated rings. The first-order valence-corrected chi connectivity index (χ1v) is 8.21. The van der Waals surface area contributed by atoms with Gasteiger partial charge in [-0.1, -0.05) is 0 Å². The van der Waals surface area contributed by atoms with Crippen LogP contribution in [-0.2, 0) is 10.8 Å². The largest absolute Gasteiger partial charge is 0.380 e. The van der Waals surface area contributed by atoms with Gasteiger partial charge in [-0.2, -0.15) is 0 Å². The third-order valence-electron chi connectivity index (χ3n) is 2.68. The Hall–Kier alpha value is -1.96. The molecule has 1 amide bonds. The lowest BCUT2D eigenvalue weighted by Gasteiger charge is -2.13. The van der Waals surface area contributed by atoms with E-state index in [-0.39, 0.29) is 17.6 Å². The molecule has 1 aromatic rings. The zero-order valence-electron chi connectivity index (χ0n) is 12.2. The van der Waals surface area contributed by atoms with Gasteiger partial charge in [0.05, 0.1) is 4.92 Å². The van der Waals surface area contributed by atoms with Crippen LogP contribution >= 0.6 is 0 Å². The van der Waals surface area contributed by atoms with Crippen LogP contribution in [0.5, 0.6) is 0 Å². The SMILES string of the molecule is CCNc1cc(C(=O)NC(C)CS(C)=O)ccc1[N+](=O)[O-]. The van der Waals surface area contributed by atoms with Crippen molar-refractivity contribution in [3.05, 3.63) is 33.9 Å². The van der Waals surface area contributed by atoms with Crippen molar-refractivity contribution in [3.63, 3.8) is 0 Å². The highest BCUT2D eigenvalue weighted by Gasteiger charge is 2.17. The number of anilines is 1. The first kappa shape index (κ1) is 17.1. The molecule has 0 radical (unpaired) electrons. The molecule has 0 aliphatic rings. The third kappa shape index (κ3) is 5.14. The minimum atomic E-state index is -1.00. The molecule has 0 saturated carbocycles. The number of nitrogens with zero attached hydrogens (tertiary/aromatic N) is 1. The molecule has 0 aliphatic carbocycles. The maximum Gasteiger partial charge on any atom is 0.292 e. The summed E-state index contributed by atoms with van der Waals surface area (Å²) in [5.74, 6) is 0.0145. The van der Waals surface area contributed by atoms with E-state index in [0.717, 1.165) is 0 Å². The predicted octanol–water partition coefficient (Wildman–Crippen LogP) is 1.52. The summed E-state index contributed by atoms with van der Waals surface area (Å²) in [5.41, 5.74) is 0.559. The molecular formula is C13H19N3O4S. The van der Waals surface area contributed by atoms with Crippen LogP contribution in [0.3, 0.4) is 0 Å². The Bertz CT molecular complexity index is 562. The minimum Gasteiger partial charge on any atom is -0.380 e. The van der Waals surface area contributed by atoms with Crippen LogP contribution in [0.4, 0.5) is 11.4 Å². The van der Waals surface area contributed by atoms with Gasteiger partial charge in [-0.25, -0.2) is 0 Å². The Morgan fingerprint density at radius 3 is 2.67 bits per heavy atom. The van der Waals surface area contributed by atoms with Gasteiger partial charge >= 0.3 is 0 Å². The van der Waals surface area contributed by atoms with Crippen molar-refractivity contribution in [2.45, 2.75) is 19.9 Å². The molecule has 116 valence electrons. The second kappa shape index (κ2) is 7.72. The van der Waals surface area contributed by atoms with Gasteiger partial charge in [0, 0.05) is 47.0 Å². The summed E-state index contributed by atoms with van der Waals surface area (Å²) in [5, 5.41) is 16.5. The molecule has 2 N–H and O–H groups in total. The van der Waals surface area contributed by atoms with Crippen molar-refractivity contribution in [1.29, 1.82) is 0 Å². The van der Waals surface area contributed by atoms with E-state index in [0.29, 0.717) is 23.5 Å². The van der Waals surface area contributed by atoms with Gasteiger partial charge in [0.25, 0.3) is 11.6 Å². The molecule has 0 aromatic heterocycles. The minimum absolute atomic E-state index is 0.0730. The van der Waals surface area contributed by atoms with E-state index in [1.807, 2.05) is 6.92 Å². The number of nitrogens with one attached hydrogen (secondary N) is 2. The topological polar surface area (TPSA) is 101 Å². The maximum atomic E-state index is 12.1. The van der Waals surface area contributed by atoms with Gasteiger partial charge in [-0.15, -0.1) is 0 Å². The summed E-state index contributed by atoms with van der Waals surface area (Å²) in [6.07, 6.45) is 1.57. The number of nitro benzene ring substituents is 1. The molecule has 7 nitrogen and oxygen atoms in total. The summed E-state index contributed by atoms with van der Waals surface area (Å²) < 4.78 is 11.1. The van der Waals surface area contributed by atoms with E-state index in [1.54, 1.807) is 13.2 Å². The van der Waals surface area contributed by atoms with E-state index in [1.165, 1.54) is 18.2 Å². The Morgan fingerprint density at radius 2 is 2.14 bits per heavy atom. The zero-order chi connectivity index (χ0) is 16.0. The van der Waals surface area contributed by atoms with Gasteiger partial charge in [0.1, 0.15) is 5.69 Å². The molecular weight excluding hydrogens is 294 g/mol. The second-order valence-corrected chi connectivity index (χ2v) is 6.11. The lowest BCUT2D eigenvalue weighted by molar-refractivity contribution is -0.384. The van der Waals surface area contributed by atoms with Crippen LogP contribution in [0.2, 0.25) is 0 Å². The number of benzene rings is 1. The monoisotopic (exact) mass is 313 g/mol. The van der Waals surface area contributed by atoms with E-state index in [9.17, 15) is 19.1 Å². The first-order chi connectivity index (χ1) is 9.85. The fourth-order valence-electron chi connectivity index (χ4n) is 1.87. The molecule has 0 saturated heterocycles. The zero-order valence-corrected chi connectivity index (χ0v) is 13.0. The van der Waals surface area contributed by atoms with Crippen LogP contribution in [0, 0.1) is 10.1 Å². The molecule has 0 spiro atoms. The summed E-state index contributed by atoms with van der Waals surface area (Å²) in [6.45, 7) is 4.09. The molecule has 0 bridgehead atoms. The third-order valence-corrected chi connectivity index (χ3v) is 3.65. The number of rotatable bonds is 7. The summed E-state index contributed by atoms with van der Waals surface area (Å²) in [6, 6.07) is 3.92. The normalized spacial score (nSPS) is 13.3. The van der Waals surface area contributed by atoms with Crippen LogP contribution in [-0.4, -0.2) is 39.6 Å². The number of hydrogen-bond donors (Lipinski definition) is 2. The second-order valence-electron chi connectivity index (χ2n) is 4.63. The van der Waals surface area contributed by atoms with Crippen molar-refractivity contribution in [2.75, 3.05) is 23.9 Å². The van der Waals surface area contributed by atoms with Crippen LogP contribution < -0.4 is 10.6 Å². The molecule has 2 atom stereocenters. The maximum absolute atomic E-state index is 12.1. The quantitative estimate of drug-likeness (QED) is 0.587. The average molecular weight is 313 g/mol. The van der Waals surface area contributed by atoms with Gasteiger partial charge < -0.3 is 10.6 Å². The molecule has 1 aromatic carbocycles. The van der Waals surface area contributed by atoms with Crippen molar-refractivity contribution in [3.8, 4) is 0 Å². The fraction of sp³-hybridized carbons (Fsp3) is 0.462. The summed E-state index contributed by atoms with van der Waals surface area (Å²) in [7, 11) is -1.00. The Labute approximate surface area is 125 Å². The summed E-state index contributed by atoms with van der Waals surface area (Å²) >= 11 is 0. The van der Waals surface area contributed by atoms with E-state index >= 15 is 0 Å². The highest BCUT2D eigenvalue weighted by molar-refractivity contribution is 7.84. The van der Waals surface area contributed by atoms with Crippen molar-refractivity contribution < 1.29 is 13.9 Å². The van der Waals surface area contributed by atoms with Gasteiger partial charge in [0.15, 0.2) is 0 Å². The lowest BCUT2D eigenvalue weighted by atomic mass is 10.1. The predicted molar refractivity (Wildman–Crippen MR) is 83.1 cm³/mol. The Kier molecular flexibility index (Phi) is 6.29. The molecule has 0 aliphatic heterocycles. The number of nitro groups is 1. The Balaban J connectivity index is 2.92. The smallest absolute Gasteiger partial charge is 0.292 e. The highest BCUT2D eigenvalue weighted by atomic mass is 32.2. The molecule has 2 unspecified atom stereocenters. The fourth-order valence-corrected chi connectivity index (χ4v) is 2.66. The molecule has 0 heterocycles. The number of carbonyl (C=O) groups excluding carboxylic acids is 1. The number of carbonyl (C=O) groups is 1. The molecule has 1 rings (SSSR count).